The van der Waals surface area contributed by atoms with Gasteiger partial charge in [-0.05, 0) is 42.8 Å². The van der Waals surface area contributed by atoms with Gasteiger partial charge in [0.1, 0.15) is 17.8 Å². The number of benzene rings is 1. The van der Waals surface area contributed by atoms with Crippen molar-refractivity contribution in [2.75, 3.05) is 18.6 Å². The molecule has 0 heterocycles. The van der Waals surface area contributed by atoms with Gasteiger partial charge in [0.2, 0.25) is 0 Å². The van der Waals surface area contributed by atoms with Crippen LogP contribution in [0.15, 0.2) is 16.6 Å². The first kappa shape index (κ1) is 20.2. The predicted molar refractivity (Wildman–Crippen MR) is 91.4 cm³/mol. The van der Waals surface area contributed by atoms with Gasteiger partial charge in [-0.15, -0.1) is 0 Å². The number of amides is 1. The number of anilines is 1. The van der Waals surface area contributed by atoms with E-state index in [4.69, 9.17) is 16.3 Å². The van der Waals surface area contributed by atoms with Crippen molar-refractivity contribution in [1.82, 2.24) is 0 Å². The molecule has 1 rings (SSSR count). The lowest BCUT2D eigenvalue weighted by atomic mass is 10.2. The van der Waals surface area contributed by atoms with Gasteiger partial charge in [0, 0.05) is 15.6 Å². The molecule has 0 aromatic heterocycles. The average molecular weight is 424 g/mol. The normalized spacial score (nSPS) is 10.9. The van der Waals surface area contributed by atoms with Gasteiger partial charge in [-0.2, -0.15) is 0 Å². The monoisotopic (exact) mass is 422 g/mol. The zero-order chi connectivity index (χ0) is 18.7. The van der Waals surface area contributed by atoms with Crippen LogP contribution in [0.3, 0.4) is 0 Å². The Hall–Kier alpha value is -1.87. The number of carbonyl (C=O) groups is 2. The van der Waals surface area contributed by atoms with Crippen molar-refractivity contribution in [2.24, 2.45) is 0 Å². The van der Waals surface area contributed by atoms with Gasteiger partial charge in [-0.25, -0.2) is 4.79 Å². The van der Waals surface area contributed by atoms with Crippen molar-refractivity contribution < 1.29 is 24.0 Å². The van der Waals surface area contributed by atoms with Crippen molar-refractivity contribution in [3.05, 3.63) is 31.7 Å². The van der Waals surface area contributed by atoms with Crippen molar-refractivity contribution in [3.8, 4) is 0 Å². The summed E-state index contributed by atoms with van der Waals surface area (Å²) in [6.45, 7) is 4.33. The second kappa shape index (κ2) is 7.80. The summed E-state index contributed by atoms with van der Waals surface area (Å²) in [4.78, 5) is 35.5. The summed E-state index contributed by atoms with van der Waals surface area (Å²) in [6, 6.07) is 2.45. The van der Waals surface area contributed by atoms with E-state index in [1.807, 2.05) is 0 Å². The van der Waals surface area contributed by atoms with Crippen molar-refractivity contribution in [2.45, 2.75) is 26.4 Å². The molecule has 0 aliphatic heterocycles. The highest BCUT2D eigenvalue weighted by atomic mass is 79.9. The van der Waals surface area contributed by atoms with Gasteiger partial charge < -0.3 is 9.47 Å². The molecule has 0 aliphatic rings. The summed E-state index contributed by atoms with van der Waals surface area (Å²) in [6.07, 6.45) is -0.931. The van der Waals surface area contributed by atoms with E-state index in [1.54, 1.807) is 20.8 Å². The van der Waals surface area contributed by atoms with Crippen LogP contribution in [0.5, 0.6) is 0 Å². The summed E-state index contributed by atoms with van der Waals surface area (Å²) in [5.74, 6) is -0.767. The van der Waals surface area contributed by atoms with Gasteiger partial charge in [0.05, 0.1) is 12.0 Å². The van der Waals surface area contributed by atoms with E-state index in [9.17, 15) is 19.7 Å². The van der Waals surface area contributed by atoms with Crippen LogP contribution in [0.4, 0.5) is 16.2 Å². The lowest BCUT2D eigenvalue weighted by Gasteiger charge is -2.27. The van der Waals surface area contributed by atoms with Crippen LogP contribution in [0.1, 0.15) is 20.8 Å². The molecule has 0 aliphatic carbocycles. The van der Waals surface area contributed by atoms with E-state index >= 15 is 0 Å². The fourth-order valence-corrected chi connectivity index (χ4v) is 2.71. The number of nitrogens with zero attached hydrogens (tertiary/aromatic N) is 2. The molecule has 1 amide bonds. The molecule has 0 N–H and O–H groups in total. The Balaban J connectivity index is 3.47. The van der Waals surface area contributed by atoms with Crippen molar-refractivity contribution in [3.63, 3.8) is 0 Å². The lowest BCUT2D eigenvalue weighted by molar-refractivity contribution is -0.384. The molecule has 0 spiro atoms. The Morgan fingerprint density at radius 1 is 1.38 bits per heavy atom. The minimum absolute atomic E-state index is 0.0968. The van der Waals surface area contributed by atoms with E-state index in [2.05, 4.69) is 20.7 Å². The van der Waals surface area contributed by atoms with Gasteiger partial charge in [0.15, 0.2) is 0 Å². The molecule has 0 unspecified atom stereocenters. The third-order valence-corrected chi connectivity index (χ3v) is 3.43. The third kappa shape index (κ3) is 5.34. The van der Waals surface area contributed by atoms with Crippen LogP contribution in [0.2, 0.25) is 5.02 Å². The smallest absolute Gasteiger partial charge is 0.415 e. The highest BCUT2D eigenvalue weighted by Gasteiger charge is 2.32. The summed E-state index contributed by atoms with van der Waals surface area (Å²) in [7, 11) is 1.14. The minimum Gasteiger partial charge on any atom is -0.468 e. The first-order chi connectivity index (χ1) is 11.0. The predicted octanol–water partition coefficient (Wildman–Crippen LogP) is 3.93. The van der Waals surface area contributed by atoms with E-state index in [-0.39, 0.29) is 15.2 Å². The van der Waals surface area contributed by atoms with E-state index in [0.717, 1.165) is 18.1 Å². The molecular formula is C14H16BrClN2O6. The number of nitro groups is 1. The molecule has 0 bridgehead atoms. The Bertz CT molecular complexity index is 674. The molecule has 0 radical (unpaired) electrons. The first-order valence-corrected chi connectivity index (χ1v) is 7.84. The maximum absolute atomic E-state index is 12.4. The molecule has 0 saturated carbocycles. The second-order valence-electron chi connectivity index (χ2n) is 5.66. The van der Waals surface area contributed by atoms with Crippen LogP contribution >= 0.6 is 27.5 Å². The van der Waals surface area contributed by atoms with Crippen LogP contribution in [0.25, 0.3) is 0 Å². The molecule has 1 aromatic rings. The quantitative estimate of drug-likeness (QED) is 0.413. The summed E-state index contributed by atoms with van der Waals surface area (Å²) >= 11 is 8.97. The lowest BCUT2D eigenvalue weighted by Crippen LogP contribution is -2.40. The number of halogens is 2. The molecular weight excluding hydrogens is 408 g/mol. The summed E-state index contributed by atoms with van der Waals surface area (Å²) in [5.41, 5.74) is -1.47. The van der Waals surface area contributed by atoms with Gasteiger partial charge >= 0.3 is 12.1 Å². The zero-order valence-electron chi connectivity index (χ0n) is 13.5. The number of methoxy groups -OCH3 is 1. The topological polar surface area (TPSA) is 99.0 Å². The Morgan fingerprint density at radius 2 is 1.96 bits per heavy atom. The van der Waals surface area contributed by atoms with Crippen molar-refractivity contribution >= 4 is 51.0 Å². The minimum atomic E-state index is -0.931. The zero-order valence-corrected chi connectivity index (χ0v) is 15.8. The number of esters is 1. The van der Waals surface area contributed by atoms with Gasteiger partial charge in [-0.1, -0.05) is 11.6 Å². The number of ether oxygens (including phenoxy) is 2. The summed E-state index contributed by atoms with van der Waals surface area (Å²) in [5, 5.41) is 11.4. The van der Waals surface area contributed by atoms with E-state index in [0.29, 0.717) is 0 Å². The molecule has 24 heavy (non-hydrogen) atoms. The SMILES string of the molecule is COC(=O)CN(C(=O)OC(C)(C)C)c1c(Br)cc(Cl)cc1[N+](=O)[O-]. The Morgan fingerprint density at radius 3 is 2.42 bits per heavy atom. The van der Waals surface area contributed by atoms with E-state index in [1.165, 1.54) is 6.07 Å². The molecule has 8 nitrogen and oxygen atoms in total. The second-order valence-corrected chi connectivity index (χ2v) is 6.95. The molecule has 0 atom stereocenters. The standard InChI is InChI=1S/C14H16BrClN2O6/c1-14(2,3)24-13(20)17(7-11(19)23-4)12-9(15)5-8(16)6-10(12)18(21)22/h5-6H,7H2,1-4H3. The number of carbonyl (C=O) groups excluding carboxylic acids is 2. The highest BCUT2D eigenvalue weighted by Crippen LogP contribution is 2.39. The van der Waals surface area contributed by atoms with Gasteiger partial charge in [0.25, 0.3) is 5.69 Å². The van der Waals surface area contributed by atoms with Crippen LogP contribution in [-0.2, 0) is 14.3 Å². The van der Waals surface area contributed by atoms with E-state index < -0.39 is 34.8 Å². The fourth-order valence-electron chi connectivity index (χ4n) is 1.70. The number of nitro benzene ring substituents is 1. The van der Waals surface area contributed by atoms with Crippen LogP contribution in [0, 0.1) is 10.1 Å². The maximum atomic E-state index is 12.4. The fraction of sp³-hybridized carbons (Fsp3) is 0.429. The Kier molecular flexibility index (Phi) is 6.56. The average Bonchev–Trinajstić information content (AvgIpc) is 2.42. The molecule has 0 fully saturated rings. The maximum Gasteiger partial charge on any atom is 0.415 e. The molecule has 1 aromatic carbocycles. The van der Waals surface area contributed by atoms with Crippen LogP contribution < -0.4 is 4.90 Å². The summed E-state index contributed by atoms with van der Waals surface area (Å²) < 4.78 is 9.93. The highest BCUT2D eigenvalue weighted by molar-refractivity contribution is 9.10. The molecule has 132 valence electrons. The first-order valence-electron chi connectivity index (χ1n) is 6.67. The third-order valence-electron chi connectivity index (χ3n) is 2.60. The van der Waals surface area contributed by atoms with Crippen LogP contribution in [-0.4, -0.2) is 36.2 Å². The molecule has 10 heteroatoms. The number of hydrogen-bond acceptors (Lipinski definition) is 6. The number of hydrogen-bond donors (Lipinski definition) is 0. The molecule has 0 saturated heterocycles. The van der Waals surface area contributed by atoms with Crippen molar-refractivity contribution in [1.29, 1.82) is 0 Å². The Labute approximate surface area is 151 Å². The van der Waals surface area contributed by atoms with Gasteiger partial charge in [-0.3, -0.25) is 19.8 Å². The number of rotatable bonds is 4. The largest absolute Gasteiger partial charge is 0.468 e.